The Morgan fingerprint density at radius 1 is 1.23 bits per heavy atom. The molecular weight excluding hydrogens is 311 g/mol. The maximum Gasteiger partial charge on any atom is 0.475 e. The molecule has 22 heavy (non-hydrogen) atoms. The molecule has 0 amide bonds. The summed E-state index contributed by atoms with van der Waals surface area (Å²) in [4.78, 5) is 0. The van der Waals surface area contributed by atoms with Crippen molar-refractivity contribution in [2.24, 2.45) is 5.41 Å². The highest BCUT2D eigenvalue weighted by Crippen LogP contribution is 2.52. The number of ether oxygens (including phenoxy) is 1. The van der Waals surface area contributed by atoms with E-state index in [2.05, 4.69) is 0 Å². The van der Waals surface area contributed by atoms with Crippen molar-refractivity contribution in [1.82, 2.24) is 0 Å². The molecule has 2 unspecified atom stereocenters. The van der Waals surface area contributed by atoms with E-state index in [-0.39, 0.29) is 31.5 Å². The van der Waals surface area contributed by atoms with Gasteiger partial charge in [0.25, 0.3) is 0 Å². The van der Waals surface area contributed by atoms with Crippen molar-refractivity contribution in [2.75, 3.05) is 13.2 Å². The Kier molecular flexibility index (Phi) is 7.02. The normalized spacial score (nSPS) is 33.1. The van der Waals surface area contributed by atoms with Crippen LogP contribution in [0.4, 0.5) is 0 Å². The summed E-state index contributed by atoms with van der Waals surface area (Å²) in [5.74, 6) is 0. The second kappa shape index (κ2) is 7.71. The van der Waals surface area contributed by atoms with Gasteiger partial charge in [0.05, 0.1) is 37.6 Å². The number of hydrogen-bond acceptors (Lipinski definition) is 7. The first-order valence-electron chi connectivity index (χ1n) is 7.60. The van der Waals surface area contributed by atoms with E-state index in [9.17, 15) is 14.8 Å². The average molecular weight is 340 g/mol. The van der Waals surface area contributed by atoms with Crippen LogP contribution in [0.1, 0.15) is 41.5 Å². The summed E-state index contributed by atoms with van der Waals surface area (Å²) in [6.07, 6.45) is -2.65. The molecule has 1 fully saturated rings. The number of phosphoric acid groups is 1. The fraction of sp³-hybridized carbons (Fsp3) is 1.00. The zero-order valence-corrected chi connectivity index (χ0v) is 15.1. The molecule has 8 heteroatoms. The highest BCUT2D eigenvalue weighted by Gasteiger charge is 2.51. The lowest BCUT2D eigenvalue weighted by molar-refractivity contribution is -0.0263. The van der Waals surface area contributed by atoms with Crippen molar-refractivity contribution in [2.45, 2.75) is 72.1 Å². The molecule has 0 aromatic rings. The van der Waals surface area contributed by atoms with Crippen LogP contribution < -0.4 is 0 Å². The van der Waals surface area contributed by atoms with Gasteiger partial charge < -0.3 is 14.9 Å². The summed E-state index contributed by atoms with van der Waals surface area (Å²) in [6, 6.07) is 0. The van der Waals surface area contributed by atoms with Crippen LogP contribution >= 0.6 is 7.82 Å². The summed E-state index contributed by atoms with van der Waals surface area (Å²) in [5.41, 5.74) is -0.782. The predicted molar refractivity (Wildman–Crippen MR) is 81.5 cm³/mol. The molecule has 1 heterocycles. The molecule has 1 aliphatic rings. The van der Waals surface area contributed by atoms with Gasteiger partial charge in [-0.05, 0) is 34.6 Å². The molecular formula is C14H29O7P. The van der Waals surface area contributed by atoms with E-state index in [4.69, 9.17) is 18.3 Å². The number of phosphoric ester groups is 1. The molecule has 0 radical (unpaired) electrons. The summed E-state index contributed by atoms with van der Waals surface area (Å²) >= 11 is 0. The minimum absolute atomic E-state index is 0.141. The van der Waals surface area contributed by atoms with Crippen LogP contribution in [-0.2, 0) is 22.9 Å². The Bertz CT molecular complexity index is 387. The molecule has 7 nitrogen and oxygen atoms in total. The third-order valence-electron chi connectivity index (χ3n) is 3.75. The molecule has 4 atom stereocenters. The Morgan fingerprint density at radius 3 is 2.09 bits per heavy atom. The maximum absolute atomic E-state index is 12.6. The van der Waals surface area contributed by atoms with Gasteiger partial charge in [-0.25, -0.2) is 4.57 Å². The fourth-order valence-corrected chi connectivity index (χ4v) is 3.81. The van der Waals surface area contributed by atoms with Crippen molar-refractivity contribution in [3.8, 4) is 0 Å². The van der Waals surface area contributed by atoms with Gasteiger partial charge >= 0.3 is 7.82 Å². The van der Waals surface area contributed by atoms with E-state index >= 15 is 0 Å². The van der Waals surface area contributed by atoms with Crippen LogP contribution in [0.3, 0.4) is 0 Å². The monoisotopic (exact) mass is 340 g/mol. The summed E-state index contributed by atoms with van der Waals surface area (Å²) in [7, 11) is -3.73. The van der Waals surface area contributed by atoms with Crippen LogP contribution in [0.2, 0.25) is 0 Å². The topological polar surface area (TPSA) is 94.5 Å². The van der Waals surface area contributed by atoms with Gasteiger partial charge in [-0.1, -0.05) is 6.92 Å². The lowest BCUT2D eigenvalue weighted by Gasteiger charge is -2.28. The highest BCUT2D eigenvalue weighted by molar-refractivity contribution is 7.48. The Balaban J connectivity index is 2.72. The van der Waals surface area contributed by atoms with E-state index in [1.165, 1.54) is 0 Å². The van der Waals surface area contributed by atoms with Crippen molar-refractivity contribution in [3.05, 3.63) is 0 Å². The quantitative estimate of drug-likeness (QED) is 0.654. The molecule has 0 aromatic carbocycles. The SMILES string of the molecule is CC(C)OP(=O)(OC[C@H]1O[C@@H](C)C(C)(CO)C1O)OC(C)C. The molecule has 1 aliphatic heterocycles. The average Bonchev–Trinajstić information content (AvgIpc) is 2.59. The minimum Gasteiger partial charge on any atom is -0.396 e. The van der Waals surface area contributed by atoms with Crippen molar-refractivity contribution >= 4 is 7.82 Å². The van der Waals surface area contributed by atoms with Gasteiger partial charge in [0.15, 0.2) is 0 Å². The third-order valence-corrected chi connectivity index (χ3v) is 5.58. The third kappa shape index (κ3) is 4.74. The highest BCUT2D eigenvalue weighted by atomic mass is 31.2. The number of aliphatic hydroxyl groups is 2. The van der Waals surface area contributed by atoms with Crippen molar-refractivity contribution in [1.29, 1.82) is 0 Å². The van der Waals surface area contributed by atoms with E-state index in [0.29, 0.717) is 0 Å². The van der Waals surface area contributed by atoms with Gasteiger partial charge in [0.1, 0.15) is 6.10 Å². The van der Waals surface area contributed by atoms with Gasteiger partial charge in [-0.3, -0.25) is 13.6 Å². The van der Waals surface area contributed by atoms with Crippen molar-refractivity contribution in [3.63, 3.8) is 0 Å². The molecule has 0 spiro atoms. The number of rotatable bonds is 8. The van der Waals surface area contributed by atoms with E-state index in [0.717, 1.165) is 0 Å². The molecule has 2 N–H and O–H groups in total. The lowest BCUT2D eigenvalue weighted by atomic mass is 9.81. The number of hydrogen-bond donors (Lipinski definition) is 2. The predicted octanol–water partition coefficient (Wildman–Crippen LogP) is 2.11. The second-order valence-electron chi connectivity index (χ2n) is 6.48. The van der Waals surface area contributed by atoms with Gasteiger partial charge in [0.2, 0.25) is 0 Å². The van der Waals surface area contributed by atoms with Crippen LogP contribution in [0.5, 0.6) is 0 Å². The smallest absolute Gasteiger partial charge is 0.396 e. The minimum atomic E-state index is -3.73. The zero-order valence-electron chi connectivity index (χ0n) is 14.2. The second-order valence-corrected chi connectivity index (χ2v) is 8.05. The molecule has 0 aromatic heterocycles. The van der Waals surface area contributed by atoms with Crippen LogP contribution in [-0.4, -0.2) is 53.9 Å². The molecule has 1 rings (SSSR count). The fourth-order valence-electron chi connectivity index (χ4n) is 2.28. The van der Waals surface area contributed by atoms with Crippen LogP contribution in [0.15, 0.2) is 0 Å². The Hall–Kier alpha value is -0.0100. The molecule has 0 aliphatic carbocycles. The van der Waals surface area contributed by atoms with Crippen LogP contribution in [0.25, 0.3) is 0 Å². The summed E-state index contributed by atoms with van der Waals surface area (Å²) < 4.78 is 34.1. The first kappa shape index (κ1) is 20.0. The Labute approximate surface area is 132 Å². The molecule has 1 saturated heterocycles. The summed E-state index contributed by atoms with van der Waals surface area (Å²) in [5, 5.41) is 19.8. The van der Waals surface area contributed by atoms with E-state index in [1.54, 1.807) is 41.5 Å². The molecule has 0 saturated carbocycles. The number of aliphatic hydroxyl groups excluding tert-OH is 2. The van der Waals surface area contributed by atoms with Gasteiger partial charge in [0, 0.05) is 5.41 Å². The largest absolute Gasteiger partial charge is 0.475 e. The zero-order chi connectivity index (χ0) is 17.1. The first-order chi connectivity index (χ1) is 10.0. The molecule has 132 valence electrons. The van der Waals surface area contributed by atoms with Gasteiger partial charge in [-0.15, -0.1) is 0 Å². The Morgan fingerprint density at radius 2 is 1.73 bits per heavy atom. The maximum atomic E-state index is 12.6. The van der Waals surface area contributed by atoms with E-state index in [1.807, 2.05) is 0 Å². The first-order valence-corrected chi connectivity index (χ1v) is 9.06. The van der Waals surface area contributed by atoms with Crippen LogP contribution in [0, 0.1) is 5.41 Å². The molecule has 0 bridgehead atoms. The lowest BCUT2D eigenvalue weighted by Crippen LogP contribution is -2.41. The van der Waals surface area contributed by atoms with Gasteiger partial charge in [-0.2, -0.15) is 0 Å². The summed E-state index contributed by atoms with van der Waals surface area (Å²) in [6.45, 7) is 10.1. The standard InChI is InChI=1S/C14H29O7P/c1-9(2)20-22(17,21-10(3)4)18-7-12-13(16)14(6,8-15)11(5)19-12/h9-13,15-16H,7-8H2,1-6H3/t11-,12+,13?,14?/m0/s1. The van der Waals surface area contributed by atoms with E-state index < -0.39 is 25.4 Å². The van der Waals surface area contributed by atoms with Crippen molar-refractivity contribution < 1.29 is 33.1 Å².